The highest BCUT2D eigenvalue weighted by Gasteiger charge is 2.20. The van der Waals surface area contributed by atoms with Crippen molar-refractivity contribution in [2.45, 2.75) is 52.5 Å². The number of nitrogens with one attached hydrogen (secondary N) is 1. The van der Waals surface area contributed by atoms with Gasteiger partial charge in [0.25, 0.3) is 0 Å². The van der Waals surface area contributed by atoms with E-state index in [4.69, 9.17) is 0 Å². The van der Waals surface area contributed by atoms with Crippen LogP contribution in [0, 0.1) is 5.92 Å². The molecule has 1 nitrogen and oxygen atoms in total. The summed E-state index contributed by atoms with van der Waals surface area (Å²) in [6, 6.07) is 9.78. The number of hydrogen-bond donors (Lipinski definition) is 1. The van der Waals surface area contributed by atoms with Crippen LogP contribution in [0.1, 0.15) is 57.6 Å². The molecule has 0 spiro atoms. The Morgan fingerprint density at radius 2 is 1.79 bits per heavy atom. The molecule has 0 radical (unpaired) electrons. The molecule has 1 aromatic carbocycles. The van der Waals surface area contributed by atoms with Gasteiger partial charge in [0, 0.05) is 12.6 Å². The maximum absolute atomic E-state index is 3.62. The molecule has 1 saturated carbocycles. The Bertz CT molecular complexity index is 422. The molecule has 1 N–H and O–H groups in total. The van der Waals surface area contributed by atoms with E-state index >= 15 is 0 Å². The fourth-order valence-corrected chi connectivity index (χ4v) is 2.16. The summed E-state index contributed by atoms with van der Waals surface area (Å²) in [6.45, 7) is 10.1. The summed E-state index contributed by atoms with van der Waals surface area (Å²) in [5.41, 5.74) is 4.24. The van der Waals surface area contributed by atoms with E-state index in [9.17, 15) is 0 Å². The molecule has 0 bridgehead atoms. The summed E-state index contributed by atoms with van der Waals surface area (Å²) in [6.07, 6.45) is 5.06. The Balaban J connectivity index is 2.05. The average molecular weight is 257 g/mol. The first-order valence-corrected chi connectivity index (χ1v) is 7.60. The summed E-state index contributed by atoms with van der Waals surface area (Å²) in [5, 5.41) is 3.62. The van der Waals surface area contributed by atoms with Crippen LogP contribution in [0.25, 0.3) is 6.08 Å². The monoisotopic (exact) mass is 257 g/mol. The van der Waals surface area contributed by atoms with Gasteiger partial charge < -0.3 is 5.32 Å². The second kappa shape index (κ2) is 6.38. The van der Waals surface area contributed by atoms with Crippen molar-refractivity contribution in [1.82, 2.24) is 5.32 Å². The van der Waals surface area contributed by atoms with E-state index in [1.54, 1.807) is 0 Å². The van der Waals surface area contributed by atoms with Crippen LogP contribution in [-0.4, -0.2) is 12.6 Å². The van der Waals surface area contributed by atoms with E-state index in [2.05, 4.69) is 63.4 Å². The quantitative estimate of drug-likeness (QED) is 0.785. The molecular formula is C18H27N. The van der Waals surface area contributed by atoms with Crippen LogP contribution in [0.5, 0.6) is 0 Å². The fraction of sp³-hybridized carbons (Fsp3) is 0.556. The van der Waals surface area contributed by atoms with Crippen molar-refractivity contribution >= 4 is 6.08 Å². The maximum Gasteiger partial charge on any atom is 0.0173 e. The van der Waals surface area contributed by atoms with Gasteiger partial charge >= 0.3 is 0 Å². The summed E-state index contributed by atoms with van der Waals surface area (Å²) < 4.78 is 0. The molecule has 1 aromatic rings. The lowest BCUT2D eigenvalue weighted by Gasteiger charge is -2.13. The topological polar surface area (TPSA) is 12.0 Å². The first-order valence-electron chi connectivity index (χ1n) is 7.60. The molecule has 1 aliphatic rings. The molecule has 19 heavy (non-hydrogen) atoms. The normalized spacial score (nSPS) is 16.4. The zero-order valence-electron chi connectivity index (χ0n) is 12.7. The highest BCUT2D eigenvalue weighted by atomic mass is 14.9. The van der Waals surface area contributed by atoms with Gasteiger partial charge in [-0.05, 0) is 35.8 Å². The van der Waals surface area contributed by atoms with Crippen LogP contribution >= 0.6 is 0 Å². The predicted octanol–water partition coefficient (Wildman–Crippen LogP) is 4.60. The lowest BCUT2D eigenvalue weighted by Crippen LogP contribution is -2.21. The zero-order chi connectivity index (χ0) is 13.8. The fourth-order valence-electron chi connectivity index (χ4n) is 2.16. The van der Waals surface area contributed by atoms with Crippen LogP contribution in [0.2, 0.25) is 0 Å². The minimum Gasteiger partial charge on any atom is -0.310 e. The van der Waals surface area contributed by atoms with Gasteiger partial charge in [-0.25, -0.2) is 0 Å². The molecule has 0 aromatic heterocycles. The van der Waals surface area contributed by atoms with Crippen LogP contribution in [0.15, 0.2) is 29.8 Å². The van der Waals surface area contributed by atoms with Crippen molar-refractivity contribution in [3.05, 3.63) is 41.0 Å². The molecule has 0 unspecified atom stereocenters. The van der Waals surface area contributed by atoms with E-state index in [0.717, 1.165) is 12.6 Å². The zero-order valence-corrected chi connectivity index (χ0v) is 12.7. The van der Waals surface area contributed by atoms with Crippen molar-refractivity contribution in [2.24, 2.45) is 5.92 Å². The standard InChI is InChI=1S/C18H27N/c1-13(2)16-7-5-15(6-8-16)11-17(14(3)4)12-19-18-9-10-18/h5-8,11,13-14,18-19H,9-10,12H2,1-4H3. The van der Waals surface area contributed by atoms with Gasteiger partial charge in [-0.3, -0.25) is 0 Å². The van der Waals surface area contributed by atoms with Crippen molar-refractivity contribution in [3.63, 3.8) is 0 Å². The minimum atomic E-state index is 0.607. The van der Waals surface area contributed by atoms with Crippen LogP contribution < -0.4 is 5.32 Å². The summed E-state index contributed by atoms with van der Waals surface area (Å²) in [7, 11) is 0. The van der Waals surface area contributed by atoms with Gasteiger partial charge in [0.1, 0.15) is 0 Å². The van der Waals surface area contributed by atoms with Gasteiger partial charge in [0.2, 0.25) is 0 Å². The molecule has 1 aliphatic carbocycles. The lowest BCUT2D eigenvalue weighted by atomic mass is 9.98. The second-order valence-corrected chi connectivity index (χ2v) is 6.35. The smallest absolute Gasteiger partial charge is 0.0173 e. The highest BCUT2D eigenvalue weighted by molar-refractivity contribution is 5.54. The molecule has 0 atom stereocenters. The Labute approximate surface area is 118 Å². The first-order chi connectivity index (χ1) is 9.06. The van der Waals surface area contributed by atoms with Crippen LogP contribution in [-0.2, 0) is 0 Å². The Morgan fingerprint density at radius 3 is 2.26 bits per heavy atom. The molecule has 0 amide bonds. The summed E-state index contributed by atoms with van der Waals surface area (Å²) >= 11 is 0. The second-order valence-electron chi connectivity index (χ2n) is 6.35. The number of benzene rings is 1. The molecule has 0 aliphatic heterocycles. The van der Waals surface area contributed by atoms with Gasteiger partial charge in [-0.15, -0.1) is 0 Å². The lowest BCUT2D eigenvalue weighted by molar-refractivity contribution is 0.662. The Kier molecular flexibility index (Phi) is 4.81. The van der Waals surface area contributed by atoms with Crippen LogP contribution in [0.4, 0.5) is 0 Å². The van der Waals surface area contributed by atoms with Crippen molar-refractivity contribution in [1.29, 1.82) is 0 Å². The van der Waals surface area contributed by atoms with E-state index in [-0.39, 0.29) is 0 Å². The third-order valence-electron chi connectivity index (χ3n) is 3.87. The van der Waals surface area contributed by atoms with Gasteiger partial charge in [0.15, 0.2) is 0 Å². The molecular weight excluding hydrogens is 230 g/mol. The van der Waals surface area contributed by atoms with Gasteiger partial charge in [0.05, 0.1) is 0 Å². The van der Waals surface area contributed by atoms with E-state index < -0.39 is 0 Å². The molecule has 0 saturated heterocycles. The number of hydrogen-bond acceptors (Lipinski definition) is 1. The third-order valence-corrected chi connectivity index (χ3v) is 3.87. The van der Waals surface area contributed by atoms with Crippen molar-refractivity contribution in [2.75, 3.05) is 6.54 Å². The average Bonchev–Trinajstić information content (AvgIpc) is 3.18. The predicted molar refractivity (Wildman–Crippen MR) is 84.4 cm³/mol. The van der Waals surface area contributed by atoms with E-state index in [1.165, 1.54) is 29.5 Å². The van der Waals surface area contributed by atoms with Crippen LogP contribution in [0.3, 0.4) is 0 Å². The Hall–Kier alpha value is -1.08. The van der Waals surface area contributed by atoms with E-state index in [1.807, 2.05) is 0 Å². The van der Waals surface area contributed by atoms with Crippen molar-refractivity contribution in [3.8, 4) is 0 Å². The third kappa shape index (κ3) is 4.50. The molecule has 2 rings (SSSR count). The van der Waals surface area contributed by atoms with Gasteiger partial charge in [-0.1, -0.05) is 63.6 Å². The minimum absolute atomic E-state index is 0.607. The molecule has 1 heteroatoms. The van der Waals surface area contributed by atoms with Crippen molar-refractivity contribution < 1.29 is 0 Å². The SMILES string of the molecule is CC(C)C(=Cc1ccc(C(C)C)cc1)CNC1CC1. The first kappa shape index (κ1) is 14.3. The molecule has 1 fully saturated rings. The summed E-state index contributed by atoms with van der Waals surface area (Å²) in [5.74, 6) is 1.22. The number of rotatable bonds is 6. The highest BCUT2D eigenvalue weighted by Crippen LogP contribution is 2.21. The maximum atomic E-state index is 3.62. The molecule has 0 heterocycles. The Morgan fingerprint density at radius 1 is 1.16 bits per heavy atom. The van der Waals surface area contributed by atoms with E-state index in [0.29, 0.717) is 11.8 Å². The van der Waals surface area contributed by atoms with Gasteiger partial charge in [-0.2, -0.15) is 0 Å². The molecule has 104 valence electrons. The largest absolute Gasteiger partial charge is 0.310 e. The summed E-state index contributed by atoms with van der Waals surface area (Å²) in [4.78, 5) is 0.